The minimum Gasteiger partial charge on any atom is -0.378 e. The second kappa shape index (κ2) is 7.51. The lowest BCUT2D eigenvalue weighted by Crippen LogP contribution is -2.10. The maximum atomic E-state index is 12.4. The molecule has 0 bridgehead atoms. The van der Waals surface area contributed by atoms with Crippen LogP contribution in [0, 0.1) is 0 Å². The number of halogens is 1. The summed E-state index contributed by atoms with van der Waals surface area (Å²) in [5.41, 5.74) is 1.32. The molecule has 0 saturated heterocycles. The first-order valence-electron chi connectivity index (χ1n) is 7.43. The number of nitrogens with zero attached hydrogens (tertiary/aromatic N) is 1. The van der Waals surface area contributed by atoms with E-state index in [4.69, 9.17) is 15.8 Å². The van der Waals surface area contributed by atoms with Crippen LogP contribution in [0.25, 0.3) is 0 Å². The molecule has 0 aromatic heterocycles. The minimum atomic E-state index is -3.96. The smallest absolute Gasteiger partial charge is 0.339 e. The van der Waals surface area contributed by atoms with Crippen LogP contribution in [-0.4, -0.2) is 14.6 Å². The molecule has 0 spiro atoms. The summed E-state index contributed by atoms with van der Waals surface area (Å²) in [7, 11) is -3.96. The first-order valence-corrected chi connectivity index (χ1v) is 9.21. The third-order valence-electron chi connectivity index (χ3n) is 3.33. The second-order valence-corrected chi connectivity index (χ2v) is 7.11. The van der Waals surface area contributed by atoms with Crippen molar-refractivity contribution in [1.82, 2.24) is 0 Å². The van der Waals surface area contributed by atoms with Gasteiger partial charge in [0.15, 0.2) is 5.75 Å². The quantitative estimate of drug-likeness (QED) is 0.475. The topological polar surface area (TPSA) is 55.7 Å². The summed E-state index contributed by atoms with van der Waals surface area (Å²) in [5.74, 6) is 0.206. The predicted molar refractivity (Wildman–Crippen MR) is 99.4 cm³/mol. The van der Waals surface area contributed by atoms with E-state index in [1.54, 1.807) is 30.5 Å². The molecule has 0 atom stereocenters. The Hall–Kier alpha value is -2.63. The van der Waals surface area contributed by atoms with Crippen molar-refractivity contribution in [3.05, 3.63) is 89.4 Å². The number of para-hydroxylation sites is 2. The molecule has 0 aliphatic carbocycles. The summed E-state index contributed by atoms with van der Waals surface area (Å²) in [5, 5.41) is 0.453. The van der Waals surface area contributed by atoms with Crippen molar-refractivity contribution in [2.45, 2.75) is 4.90 Å². The standard InChI is InChI=1S/C19H14ClNO3S/c20-16-10-12-18(13-11-16)25(22,23)24-19-9-5-4-6-15(19)14-21-17-7-2-1-3-8-17/h1-14H. The van der Waals surface area contributed by atoms with Gasteiger partial charge in [-0.1, -0.05) is 41.9 Å². The maximum absolute atomic E-state index is 12.4. The normalized spacial score (nSPS) is 11.6. The Bertz CT molecular complexity index is 985. The molecule has 0 radical (unpaired) electrons. The summed E-state index contributed by atoms with van der Waals surface area (Å²) in [6, 6.07) is 22.0. The fourth-order valence-electron chi connectivity index (χ4n) is 2.09. The molecule has 0 aliphatic heterocycles. The first-order chi connectivity index (χ1) is 12.0. The van der Waals surface area contributed by atoms with E-state index in [1.807, 2.05) is 30.3 Å². The third-order valence-corrected chi connectivity index (χ3v) is 4.83. The van der Waals surface area contributed by atoms with Crippen LogP contribution in [-0.2, 0) is 10.1 Å². The van der Waals surface area contributed by atoms with E-state index in [2.05, 4.69) is 4.99 Å². The molecule has 4 nitrogen and oxygen atoms in total. The zero-order valence-corrected chi connectivity index (χ0v) is 14.6. The fraction of sp³-hybridized carbons (Fsp3) is 0. The monoisotopic (exact) mass is 371 g/mol. The van der Waals surface area contributed by atoms with Gasteiger partial charge >= 0.3 is 10.1 Å². The summed E-state index contributed by atoms with van der Waals surface area (Å²) >= 11 is 5.79. The highest BCUT2D eigenvalue weighted by molar-refractivity contribution is 7.87. The van der Waals surface area contributed by atoms with Crippen molar-refractivity contribution in [1.29, 1.82) is 0 Å². The highest BCUT2D eigenvalue weighted by Crippen LogP contribution is 2.23. The molecular formula is C19H14ClNO3S. The van der Waals surface area contributed by atoms with Crippen molar-refractivity contribution in [2.75, 3.05) is 0 Å². The van der Waals surface area contributed by atoms with E-state index < -0.39 is 10.1 Å². The van der Waals surface area contributed by atoms with Gasteiger partial charge in [-0.25, -0.2) is 0 Å². The first kappa shape index (κ1) is 17.2. The van der Waals surface area contributed by atoms with E-state index >= 15 is 0 Å². The Morgan fingerprint density at radius 1 is 0.840 bits per heavy atom. The lowest BCUT2D eigenvalue weighted by Gasteiger charge is -2.09. The number of hydrogen-bond donors (Lipinski definition) is 0. The SMILES string of the molecule is O=S(=O)(Oc1ccccc1C=Nc1ccccc1)c1ccc(Cl)cc1. The van der Waals surface area contributed by atoms with Crippen LogP contribution in [0.2, 0.25) is 5.02 Å². The van der Waals surface area contributed by atoms with Gasteiger partial charge in [-0.15, -0.1) is 0 Å². The molecule has 0 heterocycles. The highest BCUT2D eigenvalue weighted by Gasteiger charge is 2.17. The van der Waals surface area contributed by atoms with Gasteiger partial charge in [0.1, 0.15) is 4.90 Å². The minimum absolute atomic E-state index is 0.0340. The molecule has 0 saturated carbocycles. The number of rotatable bonds is 5. The Morgan fingerprint density at radius 2 is 1.48 bits per heavy atom. The Kier molecular flexibility index (Phi) is 5.16. The maximum Gasteiger partial charge on any atom is 0.339 e. The molecule has 126 valence electrons. The Labute approximate surface area is 151 Å². The zero-order valence-electron chi connectivity index (χ0n) is 13.0. The lowest BCUT2D eigenvalue weighted by atomic mass is 10.2. The molecule has 3 aromatic rings. The highest BCUT2D eigenvalue weighted by atomic mass is 35.5. The molecule has 0 amide bonds. The summed E-state index contributed by atoms with van der Waals surface area (Å²) in [4.78, 5) is 4.37. The molecule has 0 fully saturated rings. The Morgan fingerprint density at radius 3 is 2.20 bits per heavy atom. The fourth-order valence-corrected chi connectivity index (χ4v) is 3.17. The summed E-state index contributed by atoms with van der Waals surface area (Å²) in [6.45, 7) is 0. The van der Waals surface area contributed by atoms with Crippen molar-refractivity contribution in [2.24, 2.45) is 4.99 Å². The van der Waals surface area contributed by atoms with Crippen molar-refractivity contribution in [3.8, 4) is 5.75 Å². The largest absolute Gasteiger partial charge is 0.378 e. The molecule has 0 unspecified atom stereocenters. The van der Waals surface area contributed by atoms with Gasteiger partial charge in [0, 0.05) is 16.8 Å². The van der Waals surface area contributed by atoms with Gasteiger partial charge in [0.2, 0.25) is 0 Å². The van der Waals surface area contributed by atoms with Crippen LogP contribution in [0.1, 0.15) is 5.56 Å². The second-order valence-electron chi connectivity index (χ2n) is 5.12. The zero-order chi connectivity index (χ0) is 17.7. The van der Waals surface area contributed by atoms with Gasteiger partial charge in [-0.05, 0) is 48.5 Å². The van der Waals surface area contributed by atoms with Gasteiger partial charge in [-0.3, -0.25) is 4.99 Å². The average molecular weight is 372 g/mol. The van der Waals surface area contributed by atoms with E-state index in [-0.39, 0.29) is 10.6 Å². The molecule has 3 rings (SSSR count). The van der Waals surface area contributed by atoms with Crippen molar-refractivity contribution in [3.63, 3.8) is 0 Å². The summed E-state index contributed by atoms with van der Waals surface area (Å²) < 4.78 is 30.1. The average Bonchev–Trinajstić information content (AvgIpc) is 2.62. The number of hydrogen-bond acceptors (Lipinski definition) is 4. The molecule has 0 aliphatic rings. The van der Waals surface area contributed by atoms with Crippen LogP contribution < -0.4 is 4.18 Å². The molecule has 25 heavy (non-hydrogen) atoms. The van der Waals surface area contributed by atoms with Crippen molar-refractivity contribution >= 4 is 33.6 Å². The predicted octanol–water partition coefficient (Wildman–Crippen LogP) is 4.86. The van der Waals surface area contributed by atoms with Crippen LogP contribution in [0.15, 0.2) is 88.8 Å². The van der Waals surface area contributed by atoms with Gasteiger partial charge in [0.05, 0.1) is 5.69 Å². The lowest BCUT2D eigenvalue weighted by molar-refractivity contribution is 0.485. The van der Waals surface area contributed by atoms with E-state index in [0.717, 1.165) is 5.69 Å². The molecular weight excluding hydrogens is 358 g/mol. The molecule has 3 aromatic carbocycles. The van der Waals surface area contributed by atoms with Crippen LogP contribution in [0.5, 0.6) is 5.75 Å². The summed E-state index contributed by atoms with van der Waals surface area (Å²) in [6.07, 6.45) is 1.57. The van der Waals surface area contributed by atoms with Gasteiger partial charge in [-0.2, -0.15) is 8.42 Å². The van der Waals surface area contributed by atoms with E-state index in [9.17, 15) is 8.42 Å². The van der Waals surface area contributed by atoms with Crippen LogP contribution in [0.3, 0.4) is 0 Å². The molecule has 6 heteroatoms. The van der Waals surface area contributed by atoms with Crippen LogP contribution in [0.4, 0.5) is 5.69 Å². The molecule has 0 N–H and O–H groups in total. The van der Waals surface area contributed by atoms with Crippen molar-refractivity contribution < 1.29 is 12.6 Å². The van der Waals surface area contributed by atoms with Gasteiger partial charge < -0.3 is 4.18 Å². The third kappa shape index (κ3) is 4.47. The Balaban J connectivity index is 1.88. The van der Waals surface area contributed by atoms with Gasteiger partial charge in [0.25, 0.3) is 0 Å². The van der Waals surface area contributed by atoms with E-state index in [0.29, 0.717) is 10.6 Å². The number of aliphatic imine (C=N–C) groups is 1. The number of benzene rings is 3. The van der Waals surface area contributed by atoms with Crippen LogP contribution >= 0.6 is 11.6 Å². The van der Waals surface area contributed by atoms with E-state index in [1.165, 1.54) is 24.3 Å².